The lowest BCUT2D eigenvalue weighted by Gasteiger charge is -2.33. The number of hydrogen-bond donors (Lipinski definition) is 0. The molecule has 0 radical (unpaired) electrons. The van der Waals surface area contributed by atoms with Crippen LogP contribution >= 0.6 is 23.2 Å². The highest BCUT2D eigenvalue weighted by Crippen LogP contribution is 2.25. The van der Waals surface area contributed by atoms with Crippen LogP contribution in [0.5, 0.6) is 5.75 Å². The highest BCUT2D eigenvalue weighted by Gasteiger charge is 2.33. The minimum Gasteiger partial charge on any atom is -0.497 e. The number of piperazine rings is 1. The molecule has 158 valence electrons. The van der Waals surface area contributed by atoms with Crippen LogP contribution in [0.25, 0.3) is 0 Å². The Balaban J connectivity index is 1.67. The third-order valence-corrected chi connectivity index (χ3v) is 9.12. The van der Waals surface area contributed by atoms with Crippen molar-refractivity contribution in [2.75, 3.05) is 33.3 Å². The SMILES string of the molecule is COc1ccc(S(=O)(=O)N2CCN(S(=O)(=O)Cc3ccc(Cl)c(Cl)c3)CC2)cc1. The van der Waals surface area contributed by atoms with Crippen molar-refractivity contribution < 1.29 is 21.6 Å². The Morgan fingerprint density at radius 1 is 0.862 bits per heavy atom. The zero-order chi connectivity index (χ0) is 21.2. The minimum absolute atomic E-state index is 0.0783. The molecular formula is C18H20Cl2N2O5S2. The minimum atomic E-state index is -3.70. The van der Waals surface area contributed by atoms with Crippen molar-refractivity contribution in [2.24, 2.45) is 0 Å². The Bertz CT molecular complexity index is 1080. The summed E-state index contributed by atoms with van der Waals surface area (Å²) in [5.74, 6) is 0.330. The maximum absolute atomic E-state index is 12.8. The summed E-state index contributed by atoms with van der Waals surface area (Å²) in [6, 6.07) is 10.8. The Hall–Kier alpha value is -1.36. The van der Waals surface area contributed by atoms with E-state index >= 15 is 0 Å². The van der Waals surface area contributed by atoms with E-state index in [4.69, 9.17) is 27.9 Å². The van der Waals surface area contributed by atoms with Gasteiger partial charge in [0.15, 0.2) is 0 Å². The van der Waals surface area contributed by atoms with E-state index in [-0.39, 0.29) is 41.8 Å². The van der Waals surface area contributed by atoms with Crippen LogP contribution in [0.1, 0.15) is 5.56 Å². The molecule has 1 fully saturated rings. The van der Waals surface area contributed by atoms with E-state index in [0.717, 1.165) is 0 Å². The second-order valence-corrected chi connectivity index (χ2v) is 11.2. The van der Waals surface area contributed by atoms with Gasteiger partial charge in [-0.2, -0.15) is 8.61 Å². The van der Waals surface area contributed by atoms with E-state index < -0.39 is 20.0 Å². The van der Waals surface area contributed by atoms with Crippen LogP contribution in [0.3, 0.4) is 0 Å². The maximum Gasteiger partial charge on any atom is 0.243 e. The second-order valence-electron chi connectivity index (χ2n) is 6.48. The number of nitrogens with zero attached hydrogens (tertiary/aromatic N) is 2. The molecule has 1 saturated heterocycles. The monoisotopic (exact) mass is 478 g/mol. The molecule has 0 N–H and O–H groups in total. The predicted molar refractivity (Wildman–Crippen MR) is 112 cm³/mol. The van der Waals surface area contributed by atoms with E-state index in [1.807, 2.05) is 0 Å². The third kappa shape index (κ3) is 5.04. The van der Waals surface area contributed by atoms with Gasteiger partial charge in [-0.25, -0.2) is 16.8 Å². The van der Waals surface area contributed by atoms with Gasteiger partial charge in [-0.3, -0.25) is 0 Å². The van der Waals surface area contributed by atoms with Gasteiger partial charge in [0.2, 0.25) is 20.0 Å². The first-order valence-corrected chi connectivity index (χ1v) is 12.5. The summed E-state index contributed by atoms with van der Waals surface area (Å²) in [6.07, 6.45) is 0. The van der Waals surface area contributed by atoms with Crippen LogP contribution in [0.15, 0.2) is 47.4 Å². The summed E-state index contributed by atoms with van der Waals surface area (Å²) >= 11 is 11.8. The molecule has 0 spiro atoms. The smallest absolute Gasteiger partial charge is 0.243 e. The molecule has 3 rings (SSSR count). The number of rotatable bonds is 6. The maximum atomic E-state index is 12.8. The van der Waals surface area contributed by atoms with Gasteiger partial charge in [-0.15, -0.1) is 0 Å². The van der Waals surface area contributed by atoms with Crippen molar-refractivity contribution in [2.45, 2.75) is 10.6 Å². The van der Waals surface area contributed by atoms with Gasteiger partial charge in [0.05, 0.1) is 27.8 Å². The highest BCUT2D eigenvalue weighted by atomic mass is 35.5. The standard InChI is InChI=1S/C18H20Cl2N2O5S2/c1-27-15-3-5-16(6-4-15)29(25,26)22-10-8-21(9-11-22)28(23,24)13-14-2-7-17(19)18(20)12-14/h2-7,12H,8-11,13H2,1H3. The summed E-state index contributed by atoms with van der Waals surface area (Å²) in [6.45, 7) is 0.321. The number of sulfonamides is 2. The van der Waals surface area contributed by atoms with Crippen LogP contribution in [0.2, 0.25) is 10.0 Å². The fourth-order valence-corrected chi connectivity index (χ4v) is 6.26. The molecule has 2 aromatic carbocycles. The molecule has 11 heteroatoms. The fraction of sp³-hybridized carbons (Fsp3) is 0.333. The lowest BCUT2D eigenvalue weighted by molar-refractivity contribution is 0.272. The van der Waals surface area contributed by atoms with Crippen LogP contribution in [0.4, 0.5) is 0 Å². The molecule has 2 aromatic rings. The zero-order valence-electron chi connectivity index (χ0n) is 15.6. The van der Waals surface area contributed by atoms with Gasteiger partial charge in [0.1, 0.15) is 5.75 Å². The van der Waals surface area contributed by atoms with Gasteiger partial charge in [-0.1, -0.05) is 29.3 Å². The van der Waals surface area contributed by atoms with Crippen LogP contribution < -0.4 is 4.74 Å². The molecule has 1 aliphatic rings. The first kappa shape index (κ1) is 22.3. The molecule has 1 aliphatic heterocycles. The van der Waals surface area contributed by atoms with E-state index in [2.05, 4.69) is 0 Å². The Labute approximate surface area is 180 Å². The zero-order valence-corrected chi connectivity index (χ0v) is 18.7. The molecule has 7 nitrogen and oxygen atoms in total. The second kappa shape index (κ2) is 8.79. The molecular weight excluding hydrogens is 459 g/mol. The Morgan fingerprint density at radius 2 is 1.45 bits per heavy atom. The van der Waals surface area contributed by atoms with E-state index in [9.17, 15) is 16.8 Å². The van der Waals surface area contributed by atoms with Crippen molar-refractivity contribution in [1.29, 1.82) is 0 Å². The summed E-state index contributed by atoms with van der Waals surface area (Å²) in [7, 11) is -5.81. The van der Waals surface area contributed by atoms with Crippen molar-refractivity contribution in [1.82, 2.24) is 8.61 Å². The van der Waals surface area contributed by atoms with Gasteiger partial charge >= 0.3 is 0 Å². The lowest BCUT2D eigenvalue weighted by atomic mass is 10.2. The number of hydrogen-bond acceptors (Lipinski definition) is 5. The van der Waals surface area contributed by atoms with Gasteiger partial charge in [0, 0.05) is 26.2 Å². The van der Waals surface area contributed by atoms with E-state index in [0.29, 0.717) is 16.3 Å². The van der Waals surface area contributed by atoms with Gasteiger partial charge in [0.25, 0.3) is 0 Å². The van der Waals surface area contributed by atoms with Crippen LogP contribution in [0, 0.1) is 0 Å². The fourth-order valence-electron chi connectivity index (χ4n) is 3.02. The molecule has 0 aliphatic carbocycles. The summed E-state index contributed by atoms with van der Waals surface area (Å²) in [4.78, 5) is 0.144. The van der Waals surface area contributed by atoms with Crippen LogP contribution in [-0.4, -0.2) is 58.7 Å². The number of ether oxygens (including phenoxy) is 1. The van der Waals surface area contributed by atoms with Gasteiger partial charge in [-0.05, 0) is 42.0 Å². The predicted octanol–water partition coefficient (Wildman–Crippen LogP) is 2.84. The number of halogens is 2. The Kier molecular flexibility index (Phi) is 6.77. The van der Waals surface area contributed by atoms with Crippen molar-refractivity contribution in [3.8, 4) is 5.75 Å². The number of benzene rings is 2. The molecule has 0 bridgehead atoms. The largest absolute Gasteiger partial charge is 0.497 e. The summed E-state index contributed by atoms with van der Waals surface area (Å²) in [5, 5.41) is 0.639. The molecule has 0 aromatic heterocycles. The first-order chi connectivity index (χ1) is 13.6. The molecule has 0 saturated carbocycles. The average Bonchev–Trinajstić information content (AvgIpc) is 2.70. The third-order valence-electron chi connectivity index (χ3n) is 4.62. The first-order valence-electron chi connectivity index (χ1n) is 8.69. The summed E-state index contributed by atoms with van der Waals surface area (Å²) in [5.41, 5.74) is 0.521. The highest BCUT2D eigenvalue weighted by molar-refractivity contribution is 7.89. The van der Waals surface area contributed by atoms with Gasteiger partial charge < -0.3 is 4.74 Å². The molecule has 0 amide bonds. The summed E-state index contributed by atoms with van der Waals surface area (Å²) < 4.78 is 58.7. The van der Waals surface area contributed by atoms with E-state index in [1.54, 1.807) is 24.3 Å². The quantitative estimate of drug-likeness (QED) is 0.637. The normalized spacial score (nSPS) is 16.7. The van der Waals surface area contributed by atoms with Crippen molar-refractivity contribution in [3.05, 3.63) is 58.1 Å². The molecule has 0 unspecified atom stereocenters. The molecule has 0 atom stereocenters. The Morgan fingerprint density at radius 3 is 2.00 bits per heavy atom. The molecule has 1 heterocycles. The molecule has 29 heavy (non-hydrogen) atoms. The van der Waals surface area contributed by atoms with Crippen LogP contribution in [-0.2, 0) is 25.8 Å². The van der Waals surface area contributed by atoms with E-state index in [1.165, 1.54) is 33.9 Å². The van der Waals surface area contributed by atoms with Crippen molar-refractivity contribution >= 4 is 43.2 Å². The lowest BCUT2D eigenvalue weighted by Crippen LogP contribution is -2.50. The average molecular weight is 479 g/mol. The topological polar surface area (TPSA) is 84.0 Å². The van der Waals surface area contributed by atoms with Crippen molar-refractivity contribution in [3.63, 3.8) is 0 Å². The number of methoxy groups -OCH3 is 1.